The molecular weight excluding hydrogens is 286 g/mol. The van der Waals surface area contributed by atoms with Crippen molar-refractivity contribution in [3.8, 4) is 11.3 Å². The Hall–Kier alpha value is -1.07. The summed E-state index contributed by atoms with van der Waals surface area (Å²) in [5.41, 5.74) is 5.62. The van der Waals surface area contributed by atoms with Gasteiger partial charge >= 0.3 is 0 Å². The number of nitrogens with two attached hydrogens (primary N) is 1. The first-order chi connectivity index (χ1) is 7.11. The van der Waals surface area contributed by atoms with Gasteiger partial charge in [0, 0.05) is 4.47 Å². The quantitative estimate of drug-likeness (QED) is 0.875. The van der Waals surface area contributed by atoms with Crippen molar-refractivity contribution in [3.05, 3.63) is 33.5 Å². The summed E-state index contributed by atoms with van der Waals surface area (Å²) >= 11 is 9.02. The minimum Gasteiger partial charge on any atom is -0.380 e. The van der Waals surface area contributed by atoms with Crippen molar-refractivity contribution in [2.24, 2.45) is 0 Å². The van der Waals surface area contributed by atoms with Crippen LogP contribution in [0.3, 0.4) is 0 Å². The average Bonchev–Trinajstić information content (AvgIpc) is 2.49. The normalized spacial score (nSPS) is 10.6. The van der Waals surface area contributed by atoms with Gasteiger partial charge in [-0.15, -0.1) is 0 Å². The van der Waals surface area contributed by atoms with Gasteiger partial charge in [-0.25, -0.2) is 4.39 Å². The summed E-state index contributed by atoms with van der Waals surface area (Å²) in [4.78, 5) is 0. The summed E-state index contributed by atoms with van der Waals surface area (Å²) in [6, 6.07) is 4.54. The Morgan fingerprint density at radius 1 is 1.47 bits per heavy atom. The van der Waals surface area contributed by atoms with Crippen LogP contribution in [0.2, 0.25) is 5.02 Å². The first-order valence-electron chi connectivity index (χ1n) is 3.96. The van der Waals surface area contributed by atoms with E-state index in [0.717, 1.165) is 0 Å². The molecular formula is C9H5BrClFN2O. The second-order valence-electron chi connectivity index (χ2n) is 2.81. The molecule has 0 aliphatic carbocycles. The maximum absolute atomic E-state index is 13.5. The number of hydrogen-bond acceptors (Lipinski definition) is 3. The van der Waals surface area contributed by atoms with Crippen LogP contribution in [0.15, 0.2) is 27.2 Å². The molecule has 0 unspecified atom stereocenters. The van der Waals surface area contributed by atoms with Gasteiger partial charge in [-0.3, -0.25) is 0 Å². The molecule has 0 saturated carbocycles. The highest BCUT2D eigenvalue weighted by Gasteiger charge is 2.19. The standard InChI is InChI=1S/C9H5BrClFN2O/c10-4-2-1-3-5(12)6(4)8-7(11)9(13)14-15-8/h1-3H,(H2,13,14). The molecule has 3 nitrogen and oxygen atoms in total. The molecule has 0 aliphatic rings. The molecule has 0 aliphatic heterocycles. The van der Waals surface area contributed by atoms with Crippen molar-refractivity contribution in [1.82, 2.24) is 5.16 Å². The Morgan fingerprint density at radius 2 is 2.20 bits per heavy atom. The van der Waals surface area contributed by atoms with Crippen LogP contribution in [0.25, 0.3) is 11.3 Å². The number of rotatable bonds is 1. The van der Waals surface area contributed by atoms with Crippen molar-refractivity contribution in [2.75, 3.05) is 5.73 Å². The average molecular weight is 292 g/mol. The highest BCUT2D eigenvalue weighted by Crippen LogP contribution is 2.37. The molecule has 0 spiro atoms. The molecule has 0 radical (unpaired) electrons. The topological polar surface area (TPSA) is 52.0 Å². The van der Waals surface area contributed by atoms with E-state index >= 15 is 0 Å². The van der Waals surface area contributed by atoms with Crippen molar-refractivity contribution in [1.29, 1.82) is 0 Å². The van der Waals surface area contributed by atoms with E-state index in [1.165, 1.54) is 6.07 Å². The molecule has 78 valence electrons. The minimum atomic E-state index is -0.456. The number of nitrogens with zero attached hydrogens (tertiary/aromatic N) is 1. The Bertz CT molecular complexity index is 495. The Morgan fingerprint density at radius 3 is 2.73 bits per heavy atom. The zero-order chi connectivity index (χ0) is 11.0. The number of benzene rings is 1. The van der Waals surface area contributed by atoms with Gasteiger partial charge in [-0.1, -0.05) is 22.8 Å². The maximum atomic E-state index is 13.5. The lowest BCUT2D eigenvalue weighted by atomic mass is 10.1. The number of anilines is 1. The number of hydrogen-bond donors (Lipinski definition) is 1. The predicted molar refractivity (Wildman–Crippen MR) is 59.0 cm³/mol. The minimum absolute atomic E-state index is 0.0434. The third-order valence-corrected chi connectivity index (χ3v) is 2.88. The van der Waals surface area contributed by atoms with E-state index < -0.39 is 5.82 Å². The zero-order valence-electron chi connectivity index (χ0n) is 7.30. The van der Waals surface area contributed by atoms with E-state index in [0.29, 0.717) is 4.47 Å². The van der Waals surface area contributed by atoms with E-state index in [4.69, 9.17) is 21.9 Å². The summed E-state index contributed by atoms with van der Waals surface area (Å²) in [5, 5.41) is 3.57. The van der Waals surface area contributed by atoms with Gasteiger partial charge in [0.25, 0.3) is 0 Å². The fourth-order valence-electron chi connectivity index (χ4n) is 1.16. The third kappa shape index (κ3) is 1.72. The molecule has 0 amide bonds. The second-order valence-corrected chi connectivity index (χ2v) is 4.04. The molecule has 2 aromatic rings. The van der Waals surface area contributed by atoms with Crippen LogP contribution in [0.1, 0.15) is 0 Å². The number of aromatic nitrogens is 1. The molecule has 1 aromatic carbocycles. The molecule has 1 heterocycles. The Labute approximate surface area is 98.1 Å². The van der Waals surface area contributed by atoms with Crippen LogP contribution < -0.4 is 5.73 Å². The second kappa shape index (κ2) is 3.83. The summed E-state index contributed by atoms with van der Waals surface area (Å²) in [5.74, 6) is -0.289. The SMILES string of the molecule is Nc1noc(-c2c(F)cccc2Br)c1Cl. The molecule has 0 saturated heterocycles. The molecule has 2 rings (SSSR count). The van der Waals surface area contributed by atoms with E-state index in [2.05, 4.69) is 21.1 Å². The van der Waals surface area contributed by atoms with E-state index in [-0.39, 0.29) is 22.2 Å². The summed E-state index contributed by atoms with van der Waals surface area (Å²) in [6.45, 7) is 0. The van der Waals surface area contributed by atoms with Crippen LogP contribution in [0.5, 0.6) is 0 Å². The molecule has 1 aromatic heterocycles. The molecule has 15 heavy (non-hydrogen) atoms. The lowest BCUT2D eigenvalue weighted by Gasteiger charge is -2.01. The van der Waals surface area contributed by atoms with Crippen LogP contribution in [0, 0.1) is 5.82 Å². The van der Waals surface area contributed by atoms with E-state index in [1.807, 2.05) is 0 Å². The van der Waals surface area contributed by atoms with Crippen molar-refractivity contribution in [2.45, 2.75) is 0 Å². The zero-order valence-corrected chi connectivity index (χ0v) is 9.64. The van der Waals surface area contributed by atoms with E-state index in [1.54, 1.807) is 12.1 Å². The smallest absolute Gasteiger partial charge is 0.191 e. The molecule has 6 heteroatoms. The van der Waals surface area contributed by atoms with E-state index in [9.17, 15) is 4.39 Å². The van der Waals surface area contributed by atoms with Gasteiger partial charge in [-0.05, 0) is 28.1 Å². The highest BCUT2D eigenvalue weighted by atomic mass is 79.9. The molecule has 2 N–H and O–H groups in total. The molecule has 0 fully saturated rings. The summed E-state index contributed by atoms with van der Waals surface area (Å²) in [6.07, 6.45) is 0. The van der Waals surface area contributed by atoms with Crippen molar-refractivity contribution in [3.63, 3.8) is 0 Å². The van der Waals surface area contributed by atoms with Crippen LogP contribution >= 0.6 is 27.5 Å². The van der Waals surface area contributed by atoms with Gasteiger partial charge < -0.3 is 10.3 Å². The van der Waals surface area contributed by atoms with Gasteiger partial charge in [0.1, 0.15) is 10.8 Å². The fourth-order valence-corrected chi connectivity index (χ4v) is 1.85. The van der Waals surface area contributed by atoms with Gasteiger partial charge in [0.15, 0.2) is 11.6 Å². The van der Waals surface area contributed by atoms with Crippen molar-refractivity contribution >= 4 is 33.3 Å². The molecule has 0 atom stereocenters. The first-order valence-corrected chi connectivity index (χ1v) is 5.13. The fraction of sp³-hybridized carbons (Fsp3) is 0. The Balaban J connectivity index is 2.69. The van der Waals surface area contributed by atoms with Crippen LogP contribution in [-0.4, -0.2) is 5.16 Å². The largest absolute Gasteiger partial charge is 0.380 e. The van der Waals surface area contributed by atoms with Gasteiger partial charge in [0.2, 0.25) is 0 Å². The molecule has 0 bridgehead atoms. The monoisotopic (exact) mass is 290 g/mol. The van der Waals surface area contributed by atoms with Gasteiger partial charge in [0.05, 0.1) is 5.56 Å². The summed E-state index contributed by atoms with van der Waals surface area (Å²) in [7, 11) is 0. The lowest BCUT2D eigenvalue weighted by Crippen LogP contribution is -1.86. The van der Waals surface area contributed by atoms with Crippen molar-refractivity contribution < 1.29 is 8.91 Å². The maximum Gasteiger partial charge on any atom is 0.191 e. The summed E-state index contributed by atoms with van der Waals surface area (Å²) < 4.78 is 18.9. The lowest BCUT2D eigenvalue weighted by molar-refractivity contribution is 0.433. The highest BCUT2D eigenvalue weighted by molar-refractivity contribution is 9.10. The predicted octanol–water partition coefficient (Wildman–Crippen LogP) is 3.48. The van der Waals surface area contributed by atoms with Gasteiger partial charge in [-0.2, -0.15) is 0 Å². The number of halogens is 3. The Kier molecular flexibility index (Phi) is 2.67. The number of nitrogen functional groups attached to an aromatic ring is 1. The van der Waals surface area contributed by atoms with Crippen LogP contribution in [-0.2, 0) is 0 Å². The first kappa shape index (κ1) is 10.4. The van der Waals surface area contributed by atoms with Crippen LogP contribution in [0.4, 0.5) is 10.2 Å². The third-order valence-electron chi connectivity index (χ3n) is 1.85.